The summed E-state index contributed by atoms with van der Waals surface area (Å²) in [5.41, 5.74) is 1.40. The number of carboxylic acid groups (broad SMARTS) is 1. The highest BCUT2D eigenvalue weighted by molar-refractivity contribution is 7.20. The van der Waals surface area contributed by atoms with E-state index in [0.717, 1.165) is 10.4 Å². The standard InChI is InChI=1S/C19H15NO4S/c1-24-14-9-7-13(8-10-14)17(21)20-18-15(19(22)23)11-16(25-18)12-5-3-2-4-6-12/h2-11H,1H3,(H,20,21)(H,22,23). The highest BCUT2D eigenvalue weighted by Crippen LogP contribution is 2.35. The van der Waals surface area contributed by atoms with Crippen molar-refractivity contribution in [3.8, 4) is 16.2 Å². The number of ether oxygens (including phenoxy) is 1. The molecule has 1 amide bonds. The van der Waals surface area contributed by atoms with Crippen LogP contribution in [0.3, 0.4) is 0 Å². The van der Waals surface area contributed by atoms with Gasteiger partial charge in [0.05, 0.1) is 12.7 Å². The minimum atomic E-state index is -1.08. The number of hydrogen-bond acceptors (Lipinski definition) is 4. The van der Waals surface area contributed by atoms with Crippen molar-refractivity contribution in [1.29, 1.82) is 0 Å². The fraction of sp³-hybridized carbons (Fsp3) is 0.0526. The summed E-state index contributed by atoms with van der Waals surface area (Å²) in [6.45, 7) is 0. The molecule has 2 N–H and O–H groups in total. The van der Waals surface area contributed by atoms with Gasteiger partial charge in [0.1, 0.15) is 10.8 Å². The maximum atomic E-state index is 12.4. The van der Waals surface area contributed by atoms with Crippen molar-refractivity contribution in [2.45, 2.75) is 0 Å². The van der Waals surface area contributed by atoms with Crippen molar-refractivity contribution >= 4 is 28.2 Å². The Labute approximate surface area is 148 Å². The molecule has 6 heteroatoms. The number of carbonyl (C=O) groups is 2. The molecule has 0 aliphatic rings. The van der Waals surface area contributed by atoms with Crippen LogP contribution in [0.2, 0.25) is 0 Å². The van der Waals surface area contributed by atoms with Crippen molar-refractivity contribution in [3.05, 3.63) is 71.8 Å². The largest absolute Gasteiger partial charge is 0.497 e. The van der Waals surface area contributed by atoms with Crippen LogP contribution in [0.5, 0.6) is 5.75 Å². The lowest BCUT2D eigenvalue weighted by Gasteiger charge is -2.05. The van der Waals surface area contributed by atoms with Crippen LogP contribution in [-0.2, 0) is 0 Å². The van der Waals surface area contributed by atoms with E-state index in [4.69, 9.17) is 4.74 Å². The molecule has 0 aliphatic heterocycles. The minimum absolute atomic E-state index is 0.0747. The third kappa shape index (κ3) is 3.70. The zero-order valence-corrected chi connectivity index (χ0v) is 14.2. The molecule has 0 spiro atoms. The Morgan fingerprint density at radius 1 is 1.04 bits per heavy atom. The number of amides is 1. The molecule has 3 aromatic rings. The Hall–Kier alpha value is -3.12. The van der Waals surface area contributed by atoms with Gasteiger partial charge < -0.3 is 15.2 Å². The molecule has 0 saturated heterocycles. The summed E-state index contributed by atoms with van der Waals surface area (Å²) < 4.78 is 5.06. The quantitative estimate of drug-likeness (QED) is 0.714. The van der Waals surface area contributed by atoms with Crippen LogP contribution >= 0.6 is 11.3 Å². The molecule has 0 bridgehead atoms. The van der Waals surface area contributed by atoms with E-state index >= 15 is 0 Å². The minimum Gasteiger partial charge on any atom is -0.497 e. The lowest BCUT2D eigenvalue weighted by atomic mass is 10.1. The molecule has 0 saturated carbocycles. The summed E-state index contributed by atoms with van der Waals surface area (Å²) in [6, 6.07) is 17.6. The highest BCUT2D eigenvalue weighted by Gasteiger charge is 2.18. The van der Waals surface area contributed by atoms with Gasteiger partial charge in [0.15, 0.2) is 0 Å². The fourth-order valence-corrected chi connectivity index (χ4v) is 3.36. The third-order valence-corrected chi connectivity index (χ3v) is 4.70. The van der Waals surface area contributed by atoms with E-state index in [1.165, 1.54) is 11.3 Å². The van der Waals surface area contributed by atoms with Gasteiger partial charge in [-0.1, -0.05) is 30.3 Å². The van der Waals surface area contributed by atoms with Gasteiger partial charge in [0.25, 0.3) is 5.91 Å². The summed E-state index contributed by atoms with van der Waals surface area (Å²) in [4.78, 5) is 24.7. The SMILES string of the molecule is COc1ccc(C(=O)Nc2sc(-c3ccccc3)cc2C(=O)O)cc1. The van der Waals surface area contributed by atoms with Gasteiger partial charge >= 0.3 is 5.97 Å². The topological polar surface area (TPSA) is 75.6 Å². The van der Waals surface area contributed by atoms with E-state index in [2.05, 4.69) is 5.32 Å². The van der Waals surface area contributed by atoms with Gasteiger partial charge in [-0.3, -0.25) is 4.79 Å². The number of thiophene rings is 1. The van der Waals surface area contributed by atoms with Crippen LogP contribution in [0.25, 0.3) is 10.4 Å². The molecule has 0 radical (unpaired) electrons. The van der Waals surface area contributed by atoms with Gasteiger partial charge in [0, 0.05) is 10.4 Å². The lowest BCUT2D eigenvalue weighted by molar-refractivity contribution is 0.0698. The van der Waals surface area contributed by atoms with Gasteiger partial charge in [-0.25, -0.2) is 4.79 Å². The summed E-state index contributed by atoms with van der Waals surface area (Å²) in [5.74, 6) is -0.805. The van der Waals surface area contributed by atoms with E-state index < -0.39 is 5.97 Å². The number of benzene rings is 2. The summed E-state index contributed by atoms with van der Waals surface area (Å²) in [7, 11) is 1.55. The van der Waals surface area contributed by atoms with Crippen LogP contribution in [-0.4, -0.2) is 24.1 Å². The van der Waals surface area contributed by atoms with Crippen LogP contribution in [0.4, 0.5) is 5.00 Å². The maximum Gasteiger partial charge on any atom is 0.338 e. The molecule has 25 heavy (non-hydrogen) atoms. The Morgan fingerprint density at radius 2 is 1.72 bits per heavy atom. The van der Waals surface area contributed by atoms with E-state index in [0.29, 0.717) is 16.3 Å². The Kier molecular flexibility index (Phi) is 4.81. The number of aromatic carboxylic acids is 1. The number of hydrogen-bond donors (Lipinski definition) is 2. The average Bonchev–Trinajstić information content (AvgIpc) is 3.06. The number of nitrogens with one attached hydrogen (secondary N) is 1. The molecule has 2 aromatic carbocycles. The number of methoxy groups -OCH3 is 1. The van der Waals surface area contributed by atoms with E-state index in [9.17, 15) is 14.7 Å². The van der Waals surface area contributed by atoms with Crippen molar-refractivity contribution < 1.29 is 19.4 Å². The predicted octanol–water partition coefficient (Wildman–Crippen LogP) is 4.37. The first-order chi connectivity index (χ1) is 12.1. The van der Waals surface area contributed by atoms with E-state index in [1.807, 2.05) is 30.3 Å². The van der Waals surface area contributed by atoms with Crippen molar-refractivity contribution in [2.24, 2.45) is 0 Å². The van der Waals surface area contributed by atoms with Crippen molar-refractivity contribution in [1.82, 2.24) is 0 Å². The van der Waals surface area contributed by atoms with Crippen LogP contribution in [0, 0.1) is 0 Å². The number of carbonyl (C=O) groups excluding carboxylic acids is 1. The second kappa shape index (κ2) is 7.19. The van der Waals surface area contributed by atoms with E-state index in [1.54, 1.807) is 37.4 Å². The molecule has 0 fully saturated rings. The van der Waals surface area contributed by atoms with Gasteiger partial charge in [-0.05, 0) is 35.9 Å². The third-order valence-electron chi connectivity index (χ3n) is 3.60. The molecule has 1 aromatic heterocycles. The summed E-state index contributed by atoms with van der Waals surface area (Å²) in [5, 5.41) is 12.4. The second-order valence-corrected chi connectivity index (χ2v) is 6.26. The molecule has 5 nitrogen and oxygen atoms in total. The molecule has 1 heterocycles. The second-order valence-electron chi connectivity index (χ2n) is 5.21. The average molecular weight is 353 g/mol. The highest BCUT2D eigenvalue weighted by atomic mass is 32.1. The Balaban J connectivity index is 1.89. The predicted molar refractivity (Wildman–Crippen MR) is 97.7 cm³/mol. The summed E-state index contributed by atoms with van der Waals surface area (Å²) >= 11 is 1.23. The molecular weight excluding hydrogens is 338 g/mol. The molecule has 0 aliphatic carbocycles. The smallest absolute Gasteiger partial charge is 0.338 e. The summed E-state index contributed by atoms with van der Waals surface area (Å²) in [6.07, 6.45) is 0. The Morgan fingerprint density at radius 3 is 2.32 bits per heavy atom. The molecule has 3 rings (SSSR count). The van der Waals surface area contributed by atoms with Gasteiger partial charge in [-0.2, -0.15) is 0 Å². The number of rotatable bonds is 5. The van der Waals surface area contributed by atoms with Gasteiger partial charge in [-0.15, -0.1) is 11.3 Å². The van der Waals surface area contributed by atoms with Crippen LogP contribution in [0.15, 0.2) is 60.7 Å². The normalized spacial score (nSPS) is 10.3. The lowest BCUT2D eigenvalue weighted by Crippen LogP contribution is -2.13. The van der Waals surface area contributed by atoms with Crippen molar-refractivity contribution in [3.63, 3.8) is 0 Å². The number of anilines is 1. The maximum absolute atomic E-state index is 12.4. The van der Waals surface area contributed by atoms with E-state index in [-0.39, 0.29) is 11.5 Å². The van der Waals surface area contributed by atoms with Crippen LogP contribution < -0.4 is 10.1 Å². The first-order valence-corrected chi connectivity index (χ1v) is 8.28. The molecular formula is C19H15NO4S. The molecule has 126 valence electrons. The number of carboxylic acids is 1. The van der Waals surface area contributed by atoms with Gasteiger partial charge in [0.2, 0.25) is 0 Å². The zero-order valence-electron chi connectivity index (χ0n) is 13.4. The molecule has 0 unspecified atom stereocenters. The van der Waals surface area contributed by atoms with Crippen molar-refractivity contribution in [2.75, 3.05) is 12.4 Å². The van der Waals surface area contributed by atoms with Crippen LogP contribution in [0.1, 0.15) is 20.7 Å². The zero-order chi connectivity index (χ0) is 17.8. The molecule has 0 atom stereocenters. The Bertz CT molecular complexity index is 901. The monoisotopic (exact) mass is 353 g/mol. The first kappa shape index (κ1) is 16.7. The first-order valence-electron chi connectivity index (χ1n) is 7.46. The fourth-order valence-electron chi connectivity index (χ4n) is 2.31.